The Morgan fingerprint density at radius 3 is 2.53 bits per heavy atom. The number of hydrogen-bond acceptors (Lipinski definition) is 2. The Bertz CT molecular complexity index is 513. The van der Waals surface area contributed by atoms with E-state index < -0.39 is 0 Å². The SMILES string of the molecule is NC(=S)C1CCN(C(=O)c2cc(Br)ccc2Br)CC1. The summed E-state index contributed by atoms with van der Waals surface area (Å²) < 4.78 is 1.72. The Hall–Kier alpha value is -0.460. The van der Waals surface area contributed by atoms with Crippen molar-refractivity contribution in [3.63, 3.8) is 0 Å². The van der Waals surface area contributed by atoms with Crippen molar-refractivity contribution in [2.45, 2.75) is 12.8 Å². The van der Waals surface area contributed by atoms with E-state index >= 15 is 0 Å². The fourth-order valence-corrected chi connectivity index (χ4v) is 3.21. The van der Waals surface area contributed by atoms with Crippen molar-refractivity contribution >= 4 is 55.0 Å². The molecule has 6 heteroatoms. The molecule has 0 saturated carbocycles. The smallest absolute Gasteiger partial charge is 0.255 e. The molecule has 0 spiro atoms. The first-order valence-corrected chi connectivity index (χ1v) is 8.02. The van der Waals surface area contributed by atoms with Crippen LogP contribution < -0.4 is 5.73 Å². The first-order valence-electron chi connectivity index (χ1n) is 6.02. The highest BCUT2D eigenvalue weighted by atomic mass is 79.9. The van der Waals surface area contributed by atoms with Gasteiger partial charge in [0.05, 0.1) is 10.6 Å². The van der Waals surface area contributed by atoms with Gasteiger partial charge in [0.25, 0.3) is 5.91 Å². The fraction of sp³-hybridized carbons (Fsp3) is 0.385. The molecular formula is C13H14Br2N2OS. The third-order valence-electron chi connectivity index (χ3n) is 3.34. The summed E-state index contributed by atoms with van der Waals surface area (Å²) in [6, 6.07) is 5.62. The van der Waals surface area contributed by atoms with Gasteiger partial charge >= 0.3 is 0 Å². The maximum Gasteiger partial charge on any atom is 0.255 e. The van der Waals surface area contributed by atoms with Crippen molar-refractivity contribution in [2.75, 3.05) is 13.1 Å². The van der Waals surface area contributed by atoms with Gasteiger partial charge in [0, 0.05) is 28.0 Å². The number of piperidine rings is 1. The monoisotopic (exact) mass is 404 g/mol. The van der Waals surface area contributed by atoms with Crippen LogP contribution in [0.15, 0.2) is 27.1 Å². The first kappa shape index (κ1) is 14.9. The van der Waals surface area contributed by atoms with E-state index in [1.165, 1.54) is 0 Å². The summed E-state index contributed by atoms with van der Waals surface area (Å²) in [7, 11) is 0. The van der Waals surface area contributed by atoms with Crippen LogP contribution in [0.4, 0.5) is 0 Å². The molecule has 1 aliphatic rings. The number of hydrogen-bond donors (Lipinski definition) is 1. The van der Waals surface area contributed by atoms with Crippen molar-refractivity contribution in [1.82, 2.24) is 4.90 Å². The van der Waals surface area contributed by atoms with Crippen LogP contribution in [0.25, 0.3) is 0 Å². The van der Waals surface area contributed by atoms with E-state index in [-0.39, 0.29) is 11.8 Å². The van der Waals surface area contributed by atoms with Crippen molar-refractivity contribution in [2.24, 2.45) is 11.7 Å². The molecular weight excluding hydrogens is 392 g/mol. The normalized spacial score (nSPS) is 16.4. The number of likely N-dealkylation sites (tertiary alicyclic amines) is 1. The van der Waals surface area contributed by atoms with Crippen LogP contribution in [0, 0.1) is 5.92 Å². The van der Waals surface area contributed by atoms with Crippen LogP contribution in [0.3, 0.4) is 0 Å². The number of nitrogens with two attached hydrogens (primary N) is 1. The van der Waals surface area contributed by atoms with Crippen LogP contribution in [0.1, 0.15) is 23.2 Å². The molecule has 1 fully saturated rings. The number of thiocarbonyl (C=S) groups is 1. The molecule has 0 aliphatic carbocycles. The standard InChI is InChI=1S/C13H14Br2N2OS/c14-9-1-2-11(15)10(7-9)13(18)17-5-3-8(4-6-17)12(16)19/h1-2,7-8H,3-6H2,(H2,16,19). The maximum atomic E-state index is 12.5. The van der Waals surface area contributed by atoms with Crippen LogP contribution in [-0.4, -0.2) is 28.9 Å². The van der Waals surface area contributed by atoms with E-state index in [1.807, 2.05) is 23.1 Å². The predicted octanol–water partition coefficient (Wildman–Crippen LogP) is 3.35. The lowest BCUT2D eigenvalue weighted by Crippen LogP contribution is -2.41. The Labute approximate surface area is 134 Å². The highest BCUT2D eigenvalue weighted by Gasteiger charge is 2.25. The third kappa shape index (κ3) is 3.55. The topological polar surface area (TPSA) is 46.3 Å². The molecule has 19 heavy (non-hydrogen) atoms. The van der Waals surface area contributed by atoms with E-state index in [2.05, 4.69) is 31.9 Å². The summed E-state index contributed by atoms with van der Waals surface area (Å²) in [6.45, 7) is 1.42. The molecule has 3 nitrogen and oxygen atoms in total. The Morgan fingerprint density at radius 1 is 1.32 bits per heavy atom. The van der Waals surface area contributed by atoms with E-state index in [0.29, 0.717) is 23.6 Å². The minimum Gasteiger partial charge on any atom is -0.393 e. The van der Waals surface area contributed by atoms with Crippen LogP contribution in [0.2, 0.25) is 0 Å². The molecule has 0 radical (unpaired) electrons. The summed E-state index contributed by atoms with van der Waals surface area (Å²) in [5.74, 6) is 0.319. The second-order valence-corrected chi connectivity index (χ2v) is 6.83. The summed E-state index contributed by atoms with van der Waals surface area (Å²) >= 11 is 11.8. The van der Waals surface area contributed by atoms with Crippen LogP contribution in [0.5, 0.6) is 0 Å². The molecule has 1 aromatic carbocycles. The highest BCUT2D eigenvalue weighted by molar-refractivity contribution is 9.11. The molecule has 0 atom stereocenters. The highest BCUT2D eigenvalue weighted by Crippen LogP contribution is 2.25. The molecule has 1 amide bonds. The second kappa shape index (κ2) is 6.33. The van der Waals surface area contributed by atoms with Gasteiger partial charge in [-0.1, -0.05) is 28.1 Å². The molecule has 102 valence electrons. The van der Waals surface area contributed by atoms with Gasteiger partial charge in [-0.15, -0.1) is 0 Å². The van der Waals surface area contributed by atoms with E-state index in [9.17, 15) is 4.79 Å². The lowest BCUT2D eigenvalue weighted by Gasteiger charge is -2.31. The zero-order valence-electron chi connectivity index (χ0n) is 10.2. The van der Waals surface area contributed by atoms with Gasteiger partial charge in [-0.3, -0.25) is 4.79 Å². The van der Waals surface area contributed by atoms with Gasteiger partial charge in [-0.25, -0.2) is 0 Å². The number of carbonyl (C=O) groups excluding carboxylic acids is 1. The van der Waals surface area contributed by atoms with Gasteiger partial charge in [-0.2, -0.15) is 0 Å². The number of carbonyl (C=O) groups is 1. The van der Waals surface area contributed by atoms with Gasteiger partial charge < -0.3 is 10.6 Å². The molecule has 1 aromatic rings. The minimum absolute atomic E-state index is 0.0505. The van der Waals surface area contributed by atoms with Gasteiger partial charge in [0.15, 0.2) is 0 Å². The largest absolute Gasteiger partial charge is 0.393 e. The van der Waals surface area contributed by atoms with Crippen LogP contribution >= 0.6 is 44.1 Å². The number of amides is 1. The second-order valence-electron chi connectivity index (χ2n) is 4.59. The van der Waals surface area contributed by atoms with Crippen LogP contribution in [-0.2, 0) is 0 Å². The first-order chi connectivity index (χ1) is 8.99. The molecule has 0 bridgehead atoms. The summed E-state index contributed by atoms with van der Waals surface area (Å²) in [5, 5.41) is 0. The van der Waals surface area contributed by atoms with Gasteiger partial charge in [0.1, 0.15) is 0 Å². The molecule has 1 saturated heterocycles. The summed E-state index contributed by atoms with van der Waals surface area (Å²) in [6.07, 6.45) is 1.71. The number of rotatable bonds is 2. The average molecular weight is 406 g/mol. The zero-order chi connectivity index (χ0) is 14.0. The Kier molecular flexibility index (Phi) is 4.97. The molecule has 2 N–H and O–H groups in total. The van der Waals surface area contributed by atoms with Crippen molar-refractivity contribution in [3.8, 4) is 0 Å². The molecule has 1 heterocycles. The van der Waals surface area contributed by atoms with Crippen molar-refractivity contribution in [3.05, 3.63) is 32.7 Å². The molecule has 2 rings (SSSR count). The quantitative estimate of drug-likeness (QED) is 0.767. The number of nitrogens with zero attached hydrogens (tertiary/aromatic N) is 1. The summed E-state index contributed by atoms with van der Waals surface area (Å²) in [5.41, 5.74) is 6.34. The maximum absolute atomic E-state index is 12.5. The predicted molar refractivity (Wildman–Crippen MR) is 87.3 cm³/mol. The fourth-order valence-electron chi connectivity index (χ4n) is 2.20. The van der Waals surface area contributed by atoms with E-state index in [4.69, 9.17) is 18.0 Å². The Balaban J connectivity index is 2.09. The summed E-state index contributed by atoms with van der Waals surface area (Å²) in [4.78, 5) is 14.9. The number of halogens is 2. The van der Waals surface area contributed by atoms with Gasteiger partial charge in [0.2, 0.25) is 0 Å². The minimum atomic E-state index is 0.0505. The lowest BCUT2D eigenvalue weighted by atomic mass is 9.96. The van der Waals surface area contributed by atoms with Crippen molar-refractivity contribution in [1.29, 1.82) is 0 Å². The molecule has 1 aliphatic heterocycles. The molecule has 0 unspecified atom stereocenters. The lowest BCUT2D eigenvalue weighted by molar-refractivity contribution is 0.0709. The zero-order valence-corrected chi connectivity index (χ0v) is 14.2. The Morgan fingerprint density at radius 2 is 1.95 bits per heavy atom. The van der Waals surface area contributed by atoms with Crippen molar-refractivity contribution < 1.29 is 4.79 Å². The van der Waals surface area contributed by atoms with E-state index in [1.54, 1.807) is 0 Å². The molecule has 0 aromatic heterocycles. The van der Waals surface area contributed by atoms with E-state index in [0.717, 1.165) is 21.8 Å². The third-order valence-corrected chi connectivity index (χ3v) is 4.86. The number of benzene rings is 1. The average Bonchev–Trinajstić information content (AvgIpc) is 2.41. The van der Waals surface area contributed by atoms with Gasteiger partial charge in [-0.05, 0) is 47.0 Å².